The van der Waals surface area contributed by atoms with Gasteiger partial charge in [0, 0.05) is 11.1 Å². The van der Waals surface area contributed by atoms with Gasteiger partial charge in [-0.1, -0.05) is 23.7 Å². The Morgan fingerprint density at radius 1 is 1.06 bits per heavy atom. The summed E-state index contributed by atoms with van der Waals surface area (Å²) in [6.45, 7) is 0. The summed E-state index contributed by atoms with van der Waals surface area (Å²) < 4.78 is 6.36. The molecule has 1 N–H and O–H groups in total. The number of para-hydroxylation sites is 1. The van der Waals surface area contributed by atoms with Gasteiger partial charge in [0.25, 0.3) is 0 Å². The van der Waals surface area contributed by atoms with Gasteiger partial charge in [-0.25, -0.2) is 0 Å². The number of phenolic OH excluding ortho intramolecular Hbond substituents is 1. The first-order valence-corrected chi connectivity index (χ1v) is 5.75. The minimum absolute atomic E-state index is 0.0169. The van der Waals surface area contributed by atoms with Gasteiger partial charge in [-0.3, -0.25) is 0 Å². The third kappa shape index (κ3) is 2.49. The van der Waals surface area contributed by atoms with Crippen LogP contribution in [0.1, 0.15) is 0 Å². The van der Waals surface area contributed by atoms with E-state index in [1.54, 1.807) is 18.2 Å². The van der Waals surface area contributed by atoms with E-state index in [2.05, 4.69) is 15.9 Å². The lowest BCUT2D eigenvalue weighted by Gasteiger charge is -2.08. The second-order valence-electron chi connectivity index (χ2n) is 3.14. The molecule has 0 aromatic heterocycles. The lowest BCUT2D eigenvalue weighted by molar-refractivity contribution is 0.410. The number of ether oxygens (including phenoxy) is 1. The Morgan fingerprint density at radius 3 is 2.50 bits per heavy atom. The van der Waals surface area contributed by atoms with Crippen LogP contribution < -0.4 is 4.74 Å². The molecule has 0 amide bonds. The Morgan fingerprint density at radius 2 is 1.81 bits per heavy atom. The van der Waals surface area contributed by atoms with E-state index in [0.717, 1.165) is 4.47 Å². The summed E-state index contributed by atoms with van der Waals surface area (Å²) in [7, 11) is 0. The lowest BCUT2D eigenvalue weighted by atomic mass is 10.3. The van der Waals surface area contributed by atoms with Gasteiger partial charge in [-0.2, -0.15) is 0 Å². The second kappa shape index (κ2) is 4.76. The molecule has 0 saturated carbocycles. The predicted octanol–water partition coefficient (Wildman–Crippen LogP) is 4.60. The van der Waals surface area contributed by atoms with Crippen molar-refractivity contribution in [3.8, 4) is 17.2 Å². The molecule has 0 bridgehead atoms. The molecule has 82 valence electrons. The van der Waals surface area contributed by atoms with Crippen molar-refractivity contribution < 1.29 is 9.84 Å². The Kier molecular flexibility index (Phi) is 3.36. The van der Waals surface area contributed by atoms with Crippen molar-refractivity contribution in [2.24, 2.45) is 0 Å². The van der Waals surface area contributed by atoms with Crippen molar-refractivity contribution >= 4 is 27.5 Å². The van der Waals surface area contributed by atoms with Gasteiger partial charge in [-0.15, -0.1) is 0 Å². The van der Waals surface area contributed by atoms with E-state index in [4.69, 9.17) is 16.3 Å². The predicted molar refractivity (Wildman–Crippen MR) is 67.3 cm³/mol. The molecule has 16 heavy (non-hydrogen) atoms. The van der Waals surface area contributed by atoms with Crippen molar-refractivity contribution in [1.29, 1.82) is 0 Å². The number of hydrogen-bond acceptors (Lipinski definition) is 2. The van der Waals surface area contributed by atoms with Crippen LogP contribution in [0.2, 0.25) is 5.02 Å². The molecular formula is C12H8BrClO2. The highest BCUT2D eigenvalue weighted by Crippen LogP contribution is 2.35. The van der Waals surface area contributed by atoms with Crippen LogP contribution in [0.4, 0.5) is 0 Å². The van der Waals surface area contributed by atoms with Gasteiger partial charge >= 0.3 is 0 Å². The van der Waals surface area contributed by atoms with Crippen LogP contribution >= 0.6 is 27.5 Å². The fraction of sp³-hybridized carbons (Fsp3) is 0. The standard InChI is InChI=1S/C12H8BrClO2/c13-9-3-1-2-4-11(9)16-12-6-5-8(14)7-10(12)15/h1-7,15H. The molecule has 2 rings (SSSR count). The zero-order valence-corrected chi connectivity index (χ0v) is 10.5. The van der Waals surface area contributed by atoms with E-state index in [1.807, 2.05) is 18.2 Å². The minimum Gasteiger partial charge on any atom is -0.504 e. The fourth-order valence-corrected chi connectivity index (χ4v) is 1.75. The van der Waals surface area contributed by atoms with E-state index in [9.17, 15) is 5.11 Å². The number of rotatable bonds is 2. The molecule has 0 atom stereocenters. The van der Waals surface area contributed by atoms with E-state index in [0.29, 0.717) is 16.5 Å². The Labute approximate surface area is 107 Å². The maximum Gasteiger partial charge on any atom is 0.169 e. The van der Waals surface area contributed by atoms with Gasteiger partial charge < -0.3 is 9.84 Å². The Hall–Kier alpha value is -1.19. The molecular weight excluding hydrogens is 291 g/mol. The lowest BCUT2D eigenvalue weighted by Crippen LogP contribution is -1.85. The molecule has 4 heteroatoms. The first-order chi connectivity index (χ1) is 7.66. The number of phenols is 1. The summed E-state index contributed by atoms with van der Waals surface area (Å²) in [5, 5.41) is 10.1. The molecule has 0 spiro atoms. The van der Waals surface area contributed by atoms with E-state index in [-0.39, 0.29) is 5.75 Å². The summed E-state index contributed by atoms with van der Waals surface area (Å²) in [5.41, 5.74) is 0. The van der Waals surface area contributed by atoms with Crippen molar-refractivity contribution in [2.45, 2.75) is 0 Å². The zero-order valence-electron chi connectivity index (χ0n) is 8.15. The summed E-state index contributed by atoms with van der Waals surface area (Å²) in [6.07, 6.45) is 0. The van der Waals surface area contributed by atoms with Gasteiger partial charge in [0.2, 0.25) is 0 Å². The van der Waals surface area contributed by atoms with Gasteiger partial charge in [0.05, 0.1) is 4.47 Å². The van der Waals surface area contributed by atoms with Crippen molar-refractivity contribution in [2.75, 3.05) is 0 Å². The highest BCUT2D eigenvalue weighted by atomic mass is 79.9. The van der Waals surface area contributed by atoms with Gasteiger partial charge in [-0.05, 0) is 40.2 Å². The summed E-state index contributed by atoms with van der Waals surface area (Å²) in [4.78, 5) is 0. The monoisotopic (exact) mass is 298 g/mol. The largest absolute Gasteiger partial charge is 0.504 e. The molecule has 2 aromatic carbocycles. The highest BCUT2D eigenvalue weighted by molar-refractivity contribution is 9.10. The van der Waals surface area contributed by atoms with Gasteiger partial charge in [0.15, 0.2) is 11.5 Å². The third-order valence-electron chi connectivity index (χ3n) is 1.98. The van der Waals surface area contributed by atoms with Gasteiger partial charge in [0.1, 0.15) is 5.75 Å². The fourth-order valence-electron chi connectivity index (χ4n) is 1.22. The number of halogens is 2. The quantitative estimate of drug-likeness (QED) is 0.878. The van der Waals surface area contributed by atoms with E-state index < -0.39 is 0 Å². The number of aromatic hydroxyl groups is 1. The molecule has 0 aliphatic rings. The summed E-state index contributed by atoms with van der Waals surface area (Å²) >= 11 is 9.09. The molecule has 2 nitrogen and oxygen atoms in total. The molecule has 0 heterocycles. The molecule has 0 saturated heterocycles. The Balaban J connectivity index is 2.31. The molecule has 2 aromatic rings. The number of benzene rings is 2. The van der Waals surface area contributed by atoms with Crippen molar-refractivity contribution in [3.63, 3.8) is 0 Å². The van der Waals surface area contributed by atoms with Crippen LogP contribution in [0, 0.1) is 0 Å². The third-order valence-corrected chi connectivity index (χ3v) is 2.87. The van der Waals surface area contributed by atoms with Crippen molar-refractivity contribution in [1.82, 2.24) is 0 Å². The minimum atomic E-state index is 0.0169. The highest BCUT2D eigenvalue weighted by Gasteiger charge is 2.06. The molecule has 0 aliphatic carbocycles. The van der Waals surface area contributed by atoms with E-state index >= 15 is 0 Å². The van der Waals surface area contributed by atoms with Crippen LogP contribution in [0.3, 0.4) is 0 Å². The molecule has 0 fully saturated rings. The average Bonchev–Trinajstić information content (AvgIpc) is 2.25. The first-order valence-electron chi connectivity index (χ1n) is 4.58. The van der Waals surface area contributed by atoms with E-state index in [1.165, 1.54) is 6.07 Å². The Bertz CT molecular complexity index is 514. The molecule has 0 unspecified atom stereocenters. The SMILES string of the molecule is Oc1cc(Cl)ccc1Oc1ccccc1Br. The summed E-state index contributed by atoms with van der Waals surface area (Å²) in [6, 6.07) is 12.1. The second-order valence-corrected chi connectivity index (χ2v) is 4.44. The summed E-state index contributed by atoms with van der Waals surface area (Å²) in [5.74, 6) is 1.03. The van der Waals surface area contributed by atoms with Crippen LogP contribution in [0.15, 0.2) is 46.9 Å². The van der Waals surface area contributed by atoms with Crippen molar-refractivity contribution in [3.05, 3.63) is 52.0 Å². The normalized spacial score (nSPS) is 10.1. The maximum absolute atomic E-state index is 9.62. The first kappa shape index (κ1) is 11.3. The van der Waals surface area contributed by atoms with Crippen LogP contribution in [-0.2, 0) is 0 Å². The zero-order chi connectivity index (χ0) is 11.5. The van der Waals surface area contributed by atoms with Crippen LogP contribution in [0.25, 0.3) is 0 Å². The number of hydrogen-bond donors (Lipinski definition) is 1. The van der Waals surface area contributed by atoms with Crippen LogP contribution in [0.5, 0.6) is 17.2 Å². The smallest absolute Gasteiger partial charge is 0.169 e. The van der Waals surface area contributed by atoms with Crippen LogP contribution in [-0.4, -0.2) is 5.11 Å². The molecule has 0 radical (unpaired) electrons. The topological polar surface area (TPSA) is 29.5 Å². The molecule has 0 aliphatic heterocycles. The maximum atomic E-state index is 9.62. The average molecular weight is 300 g/mol.